The van der Waals surface area contributed by atoms with Gasteiger partial charge in [-0.2, -0.15) is 0 Å². The van der Waals surface area contributed by atoms with Crippen LogP contribution in [-0.2, 0) is 9.53 Å². The Kier molecular flexibility index (Phi) is 4.74. The molecule has 0 aromatic rings. The van der Waals surface area contributed by atoms with Crippen molar-refractivity contribution in [2.24, 2.45) is 11.7 Å². The molecular weight excluding hydrogens is 204 g/mol. The van der Waals surface area contributed by atoms with Crippen LogP contribution >= 0.6 is 0 Å². The largest absolute Gasteiger partial charge is 0.460 e. The first kappa shape index (κ1) is 13.5. The van der Waals surface area contributed by atoms with E-state index >= 15 is 0 Å². The highest BCUT2D eigenvalue weighted by molar-refractivity contribution is 5.70. The molecule has 1 heterocycles. The number of nitrogens with zero attached hydrogens (tertiary/aromatic N) is 1. The minimum atomic E-state index is -0.373. The molecule has 0 radical (unpaired) electrons. The van der Waals surface area contributed by atoms with Gasteiger partial charge in [-0.1, -0.05) is 0 Å². The number of hydrogen-bond acceptors (Lipinski definition) is 4. The van der Waals surface area contributed by atoms with Gasteiger partial charge in [-0.3, -0.25) is 4.79 Å². The summed E-state index contributed by atoms with van der Waals surface area (Å²) >= 11 is 0. The van der Waals surface area contributed by atoms with E-state index in [1.165, 1.54) is 0 Å². The van der Waals surface area contributed by atoms with Gasteiger partial charge in [0.15, 0.2) is 0 Å². The van der Waals surface area contributed by atoms with Crippen molar-refractivity contribution in [1.82, 2.24) is 4.90 Å². The molecule has 16 heavy (non-hydrogen) atoms. The SMILES string of the molecule is CC(C)(C)OC(=O)CCN1CCC(CN)C1. The van der Waals surface area contributed by atoms with Gasteiger partial charge in [0.1, 0.15) is 5.60 Å². The molecule has 0 aromatic heterocycles. The van der Waals surface area contributed by atoms with E-state index in [1.807, 2.05) is 20.8 Å². The van der Waals surface area contributed by atoms with Crippen LogP contribution in [0, 0.1) is 5.92 Å². The summed E-state index contributed by atoms with van der Waals surface area (Å²) in [5.41, 5.74) is 5.24. The van der Waals surface area contributed by atoms with E-state index in [1.54, 1.807) is 0 Å². The van der Waals surface area contributed by atoms with Crippen molar-refractivity contribution in [2.45, 2.75) is 39.2 Å². The highest BCUT2D eigenvalue weighted by Gasteiger charge is 2.22. The molecule has 0 spiro atoms. The van der Waals surface area contributed by atoms with Crippen molar-refractivity contribution in [2.75, 3.05) is 26.2 Å². The Morgan fingerprint density at radius 2 is 2.19 bits per heavy atom. The van der Waals surface area contributed by atoms with Gasteiger partial charge in [0.25, 0.3) is 0 Å². The summed E-state index contributed by atoms with van der Waals surface area (Å²) in [7, 11) is 0. The Hall–Kier alpha value is -0.610. The average molecular weight is 228 g/mol. The molecular formula is C12H24N2O2. The molecule has 1 atom stereocenters. The number of hydrogen-bond donors (Lipinski definition) is 1. The fraction of sp³-hybridized carbons (Fsp3) is 0.917. The number of likely N-dealkylation sites (tertiary alicyclic amines) is 1. The molecule has 0 bridgehead atoms. The Balaban J connectivity index is 2.18. The molecule has 1 fully saturated rings. The maximum atomic E-state index is 11.5. The van der Waals surface area contributed by atoms with Crippen LogP contribution in [-0.4, -0.2) is 42.6 Å². The minimum absolute atomic E-state index is 0.108. The zero-order valence-electron chi connectivity index (χ0n) is 10.7. The first-order valence-corrected chi connectivity index (χ1v) is 6.05. The van der Waals surface area contributed by atoms with E-state index in [9.17, 15) is 4.79 Å². The maximum absolute atomic E-state index is 11.5. The third kappa shape index (κ3) is 4.94. The van der Waals surface area contributed by atoms with Gasteiger partial charge >= 0.3 is 5.97 Å². The predicted octanol–water partition coefficient (Wildman–Crippen LogP) is 0.999. The van der Waals surface area contributed by atoms with E-state index in [-0.39, 0.29) is 11.6 Å². The summed E-state index contributed by atoms with van der Waals surface area (Å²) in [6.45, 7) is 9.32. The Morgan fingerprint density at radius 1 is 1.50 bits per heavy atom. The highest BCUT2D eigenvalue weighted by atomic mass is 16.6. The lowest BCUT2D eigenvalue weighted by molar-refractivity contribution is -0.155. The zero-order valence-corrected chi connectivity index (χ0v) is 10.7. The number of esters is 1. The van der Waals surface area contributed by atoms with Crippen molar-refractivity contribution in [3.8, 4) is 0 Å². The van der Waals surface area contributed by atoms with Crippen LogP contribution < -0.4 is 5.73 Å². The standard InChI is InChI=1S/C12H24N2O2/c1-12(2,3)16-11(15)5-7-14-6-4-10(8-13)9-14/h10H,4-9,13H2,1-3H3. The van der Waals surface area contributed by atoms with Crippen molar-refractivity contribution in [1.29, 1.82) is 0 Å². The molecule has 2 N–H and O–H groups in total. The second kappa shape index (κ2) is 5.64. The van der Waals surface area contributed by atoms with Crippen LogP contribution in [0.25, 0.3) is 0 Å². The molecule has 1 saturated heterocycles. The van der Waals surface area contributed by atoms with E-state index in [2.05, 4.69) is 4.90 Å². The van der Waals surface area contributed by atoms with Crippen molar-refractivity contribution < 1.29 is 9.53 Å². The van der Waals surface area contributed by atoms with E-state index in [0.29, 0.717) is 12.3 Å². The number of nitrogens with two attached hydrogens (primary N) is 1. The van der Waals surface area contributed by atoms with Gasteiger partial charge in [0.05, 0.1) is 6.42 Å². The van der Waals surface area contributed by atoms with Gasteiger partial charge in [0.2, 0.25) is 0 Å². The van der Waals surface area contributed by atoms with Gasteiger partial charge < -0.3 is 15.4 Å². The molecule has 94 valence electrons. The summed E-state index contributed by atoms with van der Waals surface area (Å²) in [5, 5.41) is 0. The van der Waals surface area contributed by atoms with Crippen LogP contribution in [0.4, 0.5) is 0 Å². The predicted molar refractivity (Wildman–Crippen MR) is 64.1 cm³/mol. The number of carbonyl (C=O) groups is 1. The molecule has 4 heteroatoms. The third-order valence-electron chi connectivity index (χ3n) is 2.76. The van der Waals surface area contributed by atoms with Gasteiger partial charge in [-0.25, -0.2) is 0 Å². The summed E-state index contributed by atoms with van der Waals surface area (Å²) in [6, 6.07) is 0. The molecule has 4 nitrogen and oxygen atoms in total. The quantitative estimate of drug-likeness (QED) is 0.729. The lowest BCUT2D eigenvalue weighted by atomic mass is 10.1. The molecule has 1 aliphatic heterocycles. The Labute approximate surface area is 98.1 Å². The lowest BCUT2D eigenvalue weighted by Crippen LogP contribution is -2.29. The summed E-state index contributed by atoms with van der Waals surface area (Å²) in [6.07, 6.45) is 1.64. The van der Waals surface area contributed by atoms with Gasteiger partial charge in [0, 0.05) is 13.1 Å². The molecule has 1 rings (SSSR count). The van der Waals surface area contributed by atoms with Crippen LogP contribution in [0.2, 0.25) is 0 Å². The number of carbonyl (C=O) groups excluding carboxylic acids is 1. The van der Waals surface area contributed by atoms with Crippen molar-refractivity contribution in [3.05, 3.63) is 0 Å². The Bertz CT molecular complexity index is 236. The van der Waals surface area contributed by atoms with E-state index in [0.717, 1.165) is 32.6 Å². The first-order chi connectivity index (χ1) is 7.40. The fourth-order valence-corrected chi connectivity index (χ4v) is 1.95. The normalized spacial score (nSPS) is 22.4. The van der Waals surface area contributed by atoms with Crippen molar-refractivity contribution in [3.63, 3.8) is 0 Å². The zero-order chi connectivity index (χ0) is 12.2. The van der Waals surface area contributed by atoms with E-state index in [4.69, 9.17) is 10.5 Å². The monoisotopic (exact) mass is 228 g/mol. The van der Waals surface area contributed by atoms with E-state index < -0.39 is 0 Å². The highest BCUT2D eigenvalue weighted by Crippen LogP contribution is 2.15. The minimum Gasteiger partial charge on any atom is -0.460 e. The summed E-state index contributed by atoms with van der Waals surface area (Å²) < 4.78 is 5.26. The smallest absolute Gasteiger partial charge is 0.307 e. The topological polar surface area (TPSA) is 55.6 Å². The summed E-state index contributed by atoms with van der Waals surface area (Å²) in [5.74, 6) is 0.502. The average Bonchev–Trinajstić information content (AvgIpc) is 2.59. The third-order valence-corrected chi connectivity index (χ3v) is 2.76. The lowest BCUT2D eigenvalue weighted by Gasteiger charge is -2.21. The van der Waals surface area contributed by atoms with Crippen molar-refractivity contribution >= 4 is 5.97 Å². The maximum Gasteiger partial charge on any atom is 0.307 e. The van der Waals surface area contributed by atoms with Crippen LogP contribution in [0.15, 0.2) is 0 Å². The molecule has 0 aliphatic carbocycles. The fourth-order valence-electron chi connectivity index (χ4n) is 1.95. The first-order valence-electron chi connectivity index (χ1n) is 6.05. The molecule has 0 saturated carbocycles. The van der Waals surface area contributed by atoms with Gasteiger partial charge in [-0.05, 0) is 46.2 Å². The molecule has 1 aliphatic rings. The summed E-state index contributed by atoms with van der Waals surface area (Å²) in [4.78, 5) is 13.8. The molecule has 0 amide bonds. The van der Waals surface area contributed by atoms with Crippen LogP contribution in [0.1, 0.15) is 33.6 Å². The van der Waals surface area contributed by atoms with Gasteiger partial charge in [-0.15, -0.1) is 0 Å². The second-order valence-corrected chi connectivity index (χ2v) is 5.53. The Morgan fingerprint density at radius 3 is 2.69 bits per heavy atom. The number of rotatable bonds is 4. The van der Waals surface area contributed by atoms with Crippen LogP contribution in [0.5, 0.6) is 0 Å². The molecule has 1 unspecified atom stereocenters. The second-order valence-electron chi connectivity index (χ2n) is 5.53. The number of ether oxygens (including phenoxy) is 1. The molecule has 0 aromatic carbocycles. The van der Waals surface area contributed by atoms with Crippen LogP contribution in [0.3, 0.4) is 0 Å².